The van der Waals surface area contributed by atoms with E-state index in [1.807, 2.05) is 14.0 Å². The highest BCUT2D eigenvalue weighted by atomic mass is 32.1. The van der Waals surface area contributed by atoms with Gasteiger partial charge in [-0.1, -0.05) is 12.2 Å². The van der Waals surface area contributed by atoms with Crippen molar-refractivity contribution < 1.29 is 4.79 Å². The van der Waals surface area contributed by atoms with Gasteiger partial charge in [0.15, 0.2) is 0 Å². The molecule has 5 heteroatoms. The van der Waals surface area contributed by atoms with Crippen LogP contribution in [0, 0.1) is 0 Å². The van der Waals surface area contributed by atoms with Crippen molar-refractivity contribution in [1.82, 2.24) is 9.80 Å². The molecule has 0 aromatic rings. The maximum atomic E-state index is 11.7. The number of thiocarbonyl (C=S) groups is 1. The number of amides is 1. The van der Waals surface area contributed by atoms with Gasteiger partial charge >= 0.3 is 0 Å². The summed E-state index contributed by atoms with van der Waals surface area (Å²) in [6.45, 7) is 4.06. The second-order valence-corrected chi connectivity index (χ2v) is 4.41. The number of rotatable bonds is 4. The highest BCUT2D eigenvalue weighted by Gasteiger charge is 2.28. The van der Waals surface area contributed by atoms with Crippen LogP contribution in [0.3, 0.4) is 0 Å². The molecule has 4 nitrogen and oxygen atoms in total. The van der Waals surface area contributed by atoms with Crippen LogP contribution < -0.4 is 5.73 Å². The average molecular weight is 229 g/mol. The molecule has 0 aromatic carbocycles. The van der Waals surface area contributed by atoms with Crippen molar-refractivity contribution in [1.29, 1.82) is 0 Å². The lowest BCUT2D eigenvalue weighted by Crippen LogP contribution is -2.45. The van der Waals surface area contributed by atoms with Crippen LogP contribution in [0.4, 0.5) is 0 Å². The van der Waals surface area contributed by atoms with Crippen LogP contribution >= 0.6 is 12.2 Å². The summed E-state index contributed by atoms with van der Waals surface area (Å²) in [6, 6.07) is 0.120. The molecule has 1 atom stereocenters. The minimum atomic E-state index is 0.120. The van der Waals surface area contributed by atoms with Gasteiger partial charge in [-0.15, -0.1) is 0 Å². The molecular formula is C10H19N3OS. The SMILES string of the molecule is CCN(C)C(=O)CN1CCCC1C(N)=S. The Morgan fingerprint density at radius 3 is 2.87 bits per heavy atom. The fourth-order valence-corrected chi connectivity index (χ4v) is 2.08. The van der Waals surface area contributed by atoms with Crippen LogP contribution in [0.25, 0.3) is 0 Å². The molecule has 1 unspecified atom stereocenters. The smallest absolute Gasteiger partial charge is 0.236 e. The Labute approximate surface area is 96.4 Å². The first kappa shape index (κ1) is 12.4. The summed E-state index contributed by atoms with van der Waals surface area (Å²) < 4.78 is 0. The zero-order chi connectivity index (χ0) is 11.4. The first-order valence-electron chi connectivity index (χ1n) is 5.33. The van der Waals surface area contributed by atoms with Crippen LogP contribution in [0.5, 0.6) is 0 Å². The summed E-state index contributed by atoms with van der Waals surface area (Å²) in [4.78, 5) is 16.0. The lowest BCUT2D eigenvalue weighted by atomic mass is 10.2. The largest absolute Gasteiger partial charge is 0.392 e. The number of nitrogens with zero attached hydrogens (tertiary/aromatic N) is 2. The topological polar surface area (TPSA) is 49.6 Å². The number of likely N-dealkylation sites (tertiary alicyclic amines) is 1. The molecule has 0 radical (unpaired) electrons. The summed E-state index contributed by atoms with van der Waals surface area (Å²) >= 11 is 4.99. The van der Waals surface area contributed by atoms with Crippen molar-refractivity contribution in [3.05, 3.63) is 0 Å². The first-order valence-corrected chi connectivity index (χ1v) is 5.74. The Morgan fingerprint density at radius 1 is 1.67 bits per heavy atom. The van der Waals surface area contributed by atoms with E-state index < -0.39 is 0 Å². The number of carbonyl (C=O) groups excluding carboxylic acids is 1. The summed E-state index contributed by atoms with van der Waals surface area (Å²) in [6.07, 6.45) is 2.06. The maximum Gasteiger partial charge on any atom is 0.236 e. The zero-order valence-electron chi connectivity index (χ0n) is 9.40. The molecule has 15 heavy (non-hydrogen) atoms. The van der Waals surface area contributed by atoms with Crippen LogP contribution in [-0.2, 0) is 4.79 Å². The van der Waals surface area contributed by atoms with Gasteiger partial charge in [-0.3, -0.25) is 9.69 Å². The zero-order valence-corrected chi connectivity index (χ0v) is 10.2. The van der Waals surface area contributed by atoms with Crippen molar-refractivity contribution in [3.63, 3.8) is 0 Å². The Balaban J connectivity index is 2.50. The minimum absolute atomic E-state index is 0.120. The van der Waals surface area contributed by atoms with E-state index in [0.29, 0.717) is 11.5 Å². The molecule has 0 spiro atoms. The molecule has 0 aromatic heterocycles. The molecule has 1 saturated heterocycles. The predicted octanol–water partition coefficient (Wildman–Crippen LogP) is 0.215. The van der Waals surface area contributed by atoms with Crippen molar-refractivity contribution in [3.8, 4) is 0 Å². The lowest BCUT2D eigenvalue weighted by molar-refractivity contribution is -0.130. The summed E-state index contributed by atoms with van der Waals surface area (Å²) in [5.74, 6) is 0.139. The molecule has 1 rings (SSSR count). The van der Waals surface area contributed by atoms with E-state index in [4.69, 9.17) is 18.0 Å². The normalized spacial score (nSPS) is 21.6. The van der Waals surface area contributed by atoms with E-state index in [9.17, 15) is 4.79 Å². The molecule has 86 valence electrons. The molecule has 1 heterocycles. The van der Waals surface area contributed by atoms with Gasteiger partial charge < -0.3 is 10.6 Å². The molecule has 0 bridgehead atoms. The van der Waals surface area contributed by atoms with Gasteiger partial charge in [0, 0.05) is 13.6 Å². The van der Waals surface area contributed by atoms with Gasteiger partial charge in [0.1, 0.15) is 0 Å². The standard InChI is InChI=1S/C10H19N3OS/c1-3-12(2)9(14)7-13-6-4-5-8(13)10(11)15/h8H,3-7H2,1-2H3,(H2,11,15). The van der Waals surface area contributed by atoms with Crippen molar-refractivity contribution in [2.24, 2.45) is 5.73 Å². The number of hydrogen-bond acceptors (Lipinski definition) is 3. The quantitative estimate of drug-likeness (QED) is 0.700. The van der Waals surface area contributed by atoms with Crippen molar-refractivity contribution >= 4 is 23.1 Å². The molecule has 1 aliphatic heterocycles. The van der Waals surface area contributed by atoms with Crippen LogP contribution in [0.2, 0.25) is 0 Å². The van der Waals surface area contributed by atoms with Gasteiger partial charge in [-0.25, -0.2) is 0 Å². The van der Waals surface area contributed by atoms with E-state index >= 15 is 0 Å². The second-order valence-electron chi connectivity index (χ2n) is 3.94. The molecule has 0 saturated carbocycles. The van der Waals surface area contributed by atoms with Crippen LogP contribution in [0.15, 0.2) is 0 Å². The Kier molecular flexibility index (Phi) is 4.47. The highest BCUT2D eigenvalue weighted by Crippen LogP contribution is 2.17. The fraction of sp³-hybridized carbons (Fsp3) is 0.800. The highest BCUT2D eigenvalue weighted by molar-refractivity contribution is 7.80. The maximum absolute atomic E-state index is 11.7. The van der Waals surface area contributed by atoms with Crippen LogP contribution in [0.1, 0.15) is 19.8 Å². The second kappa shape index (κ2) is 5.42. The number of carbonyl (C=O) groups is 1. The van der Waals surface area contributed by atoms with Gasteiger partial charge in [0.2, 0.25) is 5.91 Å². The third kappa shape index (κ3) is 3.14. The monoisotopic (exact) mass is 229 g/mol. The van der Waals surface area contributed by atoms with E-state index in [-0.39, 0.29) is 11.9 Å². The minimum Gasteiger partial charge on any atom is -0.392 e. The Bertz CT molecular complexity index is 257. The molecule has 1 aliphatic rings. The van der Waals surface area contributed by atoms with Crippen LogP contribution in [-0.4, -0.2) is 53.4 Å². The number of hydrogen-bond donors (Lipinski definition) is 1. The van der Waals surface area contributed by atoms with Gasteiger partial charge in [-0.2, -0.15) is 0 Å². The Hall–Kier alpha value is -0.680. The Morgan fingerprint density at radius 2 is 2.33 bits per heavy atom. The lowest BCUT2D eigenvalue weighted by Gasteiger charge is -2.25. The fourth-order valence-electron chi connectivity index (χ4n) is 1.81. The number of likely N-dealkylation sites (N-methyl/N-ethyl adjacent to an activating group) is 1. The first-order chi connectivity index (χ1) is 7.06. The number of nitrogens with two attached hydrogens (primary N) is 1. The average Bonchev–Trinajstić information content (AvgIpc) is 2.64. The van der Waals surface area contributed by atoms with E-state index in [1.54, 1.807) is 4.90 Å². The summed E-state index contributed by atoms with van der Waals surface area (Å²) in [5, 5.41) is 0. The summed E-state index contributed by atoms with van der Waals surface area (Å²) in [5.41, 5.74) is 5.64. The van der Waals surface area contributed by atoms with E-state index in [0.717, 1.165) is 25.9 Å². The molecule has 1 fully saturated rings. The van der Waals surface area contributed by atoms with Gasteiger partial charge in [-0.05, 0) is 26.3 Å². The molecule has 0 aliphatic carbocycles. The van der Waals surface area contributed by atoms with E-state index in [2.05, 4.69) is 4.90 Å². The molecule has 1 amide bonds. The van der Waals surface area contributed by atoms with Crippen molar-refractivity contribution in [2.45, 2.75) is 25.8 Å². The third-order valence-corrected chi connectivity index (χ3v) is 3.20. The van der Waals surface area contributed by atoms with Crippen molar-refractivity contribution in [2.75, 3.05) is 26.7 Å². The van der Waals surface area contributed by atoms with Gasteiger partial charge in [0.05, 0.1) is 17.6 Å². The van der Waals surface area contributed by atoms with E-state index in [1.165, 1.54) is 0 Å². The predicted molar refractivity (Wildman–Crippen MR) is 64.7 cm³/mol. The molecular weight excluding hydrogens is 210 g/mol. The molecule has 2 N–H and O–H groups in total. The third-order valence-electron chi connectivity index (χ3n) is 2.93. The van der Waals surface area contributed by atoms with Gasteiger partial charge in [0.25, 0.3) is 0 Å². The summed E-state index contributed by atoms with van der Waals surface area (Å²) in [7, 11) is 1.81.